The van der Waals surface area contributed by atoms with Crippen LogP contribution >= 0.6 is 0 Å². The van der Waals surface area contributed by atoms with E-state index in [1.165, 1.54) is 6.21 Å². The first-order valence-electron chi connectivity index (χ1n) is 2.09. The minimum atomic E-state index is 0.802. The third-order valence-corrected chi connectivity index (χ3v) is 0.264. The molecule has 8 heavy (non-hydrogen) atoms. The Morgan fingerprint density at radius 2 is 2.00 bits per heavy atom. The molecular weight excluding hydrogens is 104 g/mol. The summed E-state index contributed by atoms with van der Waals surface area (Å²) in [6.07, 6.45) is 2.23. The van der Waals surface area contributed by atoms with Crippen molar-refractivity contribution in [3.05, 3.63) is 11.1 Å². The van der Waals surface area contributed by atoms with Gasteiger partial charge in [0.2, 0.25) is 6.72 Å². The van der Waals surface area contributed by atoms with Crippen molar-refractivity contribution in [3.63, 3.8) is 0 Å². The zero-order chi connectivity index (χ0) is 6.83. The molecule has 0 amide bonds. The fourth-order valence-electron chi connectivity index (χ4n) is 0.0816. The Morgan fingerprint density at radius 1 is 1.62 bits per heavy atom. The molecule has 0 saturated carbocycles. The van der Waals surface area contributed by atoms with Crippen LogP contribution in [0.15, 0.2) is 0 Å². The topological polar surface area (TPSA) is 72.8 Å². The first kappa shape index (κ1) is 9.90. The van der Waals surface area contributed by atoms with Crippen LogP contribution in [0.3, 0.4) is 0 Å². The molecule has 0 aliphatic rings. The van der Waals surface area contributed by atoms with Gasteiger partial charge in [0.15, 0.2) is 0 Å². The van der Waals surface area contributed by atoms with Gasteiger partial charge in [-0.25, -0.2) is 0 Å². The minimum absolute atomic E-state index is 0.802. The van der Waals surface area contributed by atoms with E-state index in [4.69, 9.17) is 11.1 Å². The average molecular weight is 112 g/mol. The first-order chi connectivity index (χ1) is 3.83. The number of hydrogen-bond donors (Lipinski definition) is 0. The average Bonchev–Trinajstić information content (AvgIpc) is 1.71. The van der Waals surface area contributed by atoms with E-state index in [2.05, 4.69) is 16.3 Å². The normalized spacial score (nSPS) is 4.62. The van der Waals surface area contributed by atoms with Gasteiger partial charge in [-0.05, 0) is 0 Å². The Balaban J connectivity index is 0. The van der Waals surface area contributed by atoms with Crippen LogP contribution < -0.4 is 0 Å². The molecule has 0 spiro atoms. The molecule has 0 aliphatic heterocycles. The highest BCUT2D eigenvalue weighted by Crippen LogP contribution is 1.54. The summed E-state index contributed by atoms with van der Waals surface area (Å²) in [5.74, 6) is 0. The Kier molecular flexibility index (Phi) is 21.2. The predicted octanol–water partition coefficient (Wildman–Crippen LogP) is 0.614. The molecule has 0 fully saturated rings. The van der Waals surface area contributed by atoms with Crippen molar-refractivity contribution < 1.29 is 9.58 Å². The summed E-state index contributed by atoms with van der Waals surface area (Å²) in [7, 11) is 0. The minimum Gasteiger partial charge on any atom is -0.362 e. The highest BCUT2D eigenvalue weighted by Gasteiger charge is 1.61. The smallest absolute Gasteiger partial charge is 0.257 e. The number of hydrogen-bond acceptors (Lipinski definition) is 0. The van der Waals surface area contributed by atoms with Crippen LogP contribution in [-0.4, -0.2) is 22.5 Å². The fourth-order valence-corrected chi connectivity index (χ4v) is 0.0816. The summed E-state index contributed by atoms with van der Waals surface area (Å²) >= 11 is 0. The van der Waals surface area contributed by atoms with Crippen LogP contribution in [0.4, 0.5) is 0 Å². The lowest BCUT2D eigenvalue weighted by atomic mass is 10.6. The predicted molar refractivity (Wildman–Crippen MR) is 30.7 cm³/mol. The second-order valence-electron chi connectivity index (χ2n) is 0.848. The van der Waals surface area contributed by atoms with Gasteiger partial charge in [-0.15, -0.1) is 0 Å². The Hall–Kier alpha value is -1.24. The highest BCUT2D eigenvalue weighted by molar-refractivity contribution is 5.49. The van der Waals surface area contributed by atoms with Crippen molar-refractivity contribution >= 4 is 12.9 Å². The number of rotatable bonds is 1. The zero-order valence-corrected chi connectivity index (χ0v) is 4.78. The molecule has 0 aromatic carbocycles. The van der Waals surface area contributed by atoms with Crippen molar-refractivity contribution in [1.29, 1.82) is 0 Å². The highest BCUT2D eigenvalue weighted by atomic mass is 14.8. The molecule has 44 valence electrons. The van der Waals surface area contributed by atoms with Gasteiger partial charge in [0, 0.05) is 6.42 Å². The largest absolute Gasteiger partial charge is 0.362 e. The molecular formula is C4H8N4. The summed E-state index contributed by atoms with van der Waals surface area (Å²) in [5, 5.41) is 0. The lowest BCUT2D eigenvalue weighted by Gasteiger charge is -1.50. The van der Waals surface area contributed by atoms with Gasteiger partial charge in [0.1, 0.15) is 0 Å². The molecule has 0 saturated heterocycles. The molecule has 0 bridgehead atoms. The van der Waals surface area contributed by atoms with Crippen LogP contribution in [-0.2, 0) is 0 Å². The third kappa shape index (κ3) is 117. The summed E-state index contributed by atoms with van der Waals surface area (Å²) in [5.41, 5.74) is 14.7. The molecule has 0 radical (unpaired) electrons. The SMILES string of the molecule is C=[N+]=[N-].CCC=[N+]=[N-]. The maximum Gasteiger partial charge on any atom is 0.257 e. The quantitative estimate of drug-likeness (QED) is 0.271. The lowest BCUT2D eigenvalue weighted by Crippen LogP contribution is -1.61. The molecule has 0 rings (SSSR count). The molecule has 0 aliphatic carbocycles. The van der Waals surface area contributed by atoms with Crippen molar-refractivity contribution in [2.75, 3.05) is 0 Å². The summed E-state index contributed by atoms with van der Waals surface area (Å²) < 4.78 is 0. The van der Waals surface area contributed by atoms with Crippen molar-refractivity contribution in [2.45, 2.75) is 13.3 Å². The van der Waals surface area contributed by atoms with Gasteiger partial charge in [0.25, 0.3) is 6.21 Å². The molecule has 0 heterocycles. The van der Waals surface area contributed by atoms with Gasteiger partial charge in [-0.1, -0.05) is 6.92 Å². The van der Waals surface area contributed by atoms with E-state index in [0.717, 1.165) is 6.42 Å². The van der Waals surface area contributed by atoms with Crippen LogP contribution in [0.25, 0.3) is 11.1 Å². The number of nitrogens with zero attached hydrogens (tertiary/aromatic N) is 4. The van der Waals surface area contributed by atoms with Crippen LogP contribution in [0.5, 0.6) is 0 Å². The zero-order valence-electron chi connectivity index (χ0n) is 4.78. The molecule has 0 aromatic heterocycles. The lowest BCUT2D eigenvalue weighted by molar-refractivity contribution is 0.00124. The van der Waals surface area contributed by atoms with E-state index in [9.17, 15) is 0 Å². The summed E-state index contributed by atoms with van der Waals surface area (Å²) in [6, 6.07) is 0. The standard InChI is InChI=1S/C3H6N2.CH2N2/c1-2-3-5-4;1-3-2/h3H,2H2,1H3;1H2. The molecule has 4 heteroatoms. The summed E-state index contributed by atoms with van der Waals surface area (Å²) in [4.78, 5) is 4.98. The van der Waals surface area contributed by atoms with Gasteiger partial charge in [-0.3, -0.25) is 0 Å². The molecule has 0 aromatic rings. The maximum absolute atomic E-state index is 7.64. The Morgan fingerprint density at radius 3 is 2.00 bits per heavy atom. The van der Waals surface area contributed by atoms with E-state index in [-0.39, 0.29) is 0 Å². The van der Waals surface area contributed by atoms with E-state index >= 15 is 0 Å². The van der Waals surface area contributed by atoms with E-state index < -0.39 is 0 Å². The van der Waals surface area contributed by atoms with Gasteiger partial charge in [0.05, 0.1) is 0 Å². The van der Waals surface area contributed by atoms with Gasteiger partial charge < -0.3 is 11.1 Å². The summed E-state index contributed by atoms with van der Waals surface area (Å²) in [6.45, 7) is 4.57. The third-order valence-electron chi connectivity index (χ3n) is 0.264. The first-order valence-corrected chi connectivity index (χ1v) is 2.09. The Bertz CT molecular complexity index is 105. The molecule has 0 N–H and O–H groups in total. The van der Waals surface area contributed by atoms with Gasteiger partial charge in [-0.2, -0.15) is 9.58 Å². The second kappa shape index (κ2) is 17.1. The van der Waals surface area contributed by atoms with Crippen LogP contribution in [0.2, 0.25) is 0 Å². The monoisotopic (exact) mass is 112 g/mol. The molecule has 0 atom stereocenters. The second-order valence-corrected chi connectivity index (χ2v) is 0.848. The van der Waals surface area contributed by atoms with Crippen LogP contribution in [0.1, 0.15) is 13.3 Å². The van der Waals surface area contributed by atoms with Crippen molar-refractivity contribution in [3.8, 4) is 0 Å². The maximum atomic E-state index is 7.64. The molecule has 4 nitrogen and oxygen atoms in total. The molecule has 0 unspecified atom stereocenters. The van der Waals surface area contributed by atoms with Crippen LogP contribution in [0, 0.1) is 0 Å². The fraction of sp³-hybridized carbons (Fsp3) is 0.500. The van der Waals surface area contributed by atoms with E-state index in [1.807, 2.05) is 6.92 Å². The van der Waals surface area contributed by atoms with Gasteiger partial charge >= 0.3 is 0 Å². The van der Waals surface area contributed by atoms with E-state index in [1.54, 1.807) is 0 Å². The van der Waals surface area contributed by atoms with E-state index in [0.29, 0.717) is 0 Å². The van der Waals surface area contributed by atoms with Crippen molar-refractivity contribution in [2.24, 2.45) is 0 Å². The van der Waals surface area contributed by atoms with Crippen molar-refractivity contribution in [1.82, 2.24) is 0 Å². The Labute approximate surface area is 48.0 Å².